The highest BCUT2D eigenvalue weighted by Crippen LogP contribution is 2.46. The number of carbonyl (C=O) groups excluding carboxylic acids is 2. The molecule has 1 heterocycles. The first-order valence-electron chi connectivity index (χ1n) is 8.48. The number of rotatable bonds is 5. The van der Waals surface area contributed by atoms with Gasteiger partial charge in [-0.25, -0.2) is 14.0 Å². The lowest BCUT2D eigenvalue weighted by molar-refractivity contribution is -0.168. The second kappa shape index (κ2) is 7.98. The molecule has 28 heavy (non-hydrogen) atoms. The molecule has 1 unspecified atom stereocenters. The zero-order chi connectivity index (χ0) is 20.4. The Morgan fingerprint density at radius 3 is 2.11 bits per heavy atom. The average molecular weight is 453 g/mol. The molecule has 0 saturated carbocycles. The van der Waals surface area contributed by atoms with E-state index in [2.05, 4.69) is 15.9 Å². The number of carbonyl (C=O) groups is 2. The van der Waals surface area contributed by atoms with Crippen molar-refractivity contribution in [3.05, 3.63) is 71.8 Å². The van der Waals surface area contributed by atoms with Crippen molar-refractivity contribution in [2.24, 2.45) is 0 Å². The van der Waals surface area contributed by atoms with Crippen LogP contribution in [-0.4, -0.2) is 46.2 Å². The van der Waals surface area contributed by atoms with E-state index in [1.54, 1.807) is 48.5 Å². The number of alkyl halides is 2. The number of benzene rings is 2. The second-order valence-corrected chi connectivity index (χ2v) is 7.52. The number of aliphatic hydroxyl groups is 1. The molecular formula is C20H18BrFO6. The molecule has 0 radical (unpaired) electrons. The summed E-state index contributed by atoms with van der Waals surface area (Å²) >= 11 is 2.77. The van der Waals surface area contributed by atoms with Crippen LogP contribution in [0.2, 0.25) is 0 Å². The average Bonchev–Trinajstić information content (AvgIpc) is 2.86. The monoisotopic (exact) mass is 452 g/mol. The molecule has 1 N–H and O–H groups in total. The van der Waals surface area contributed by atoms with Crippen LogP contribution >= 0.6 is 15.9 Å². The first-order chi connectivity index (χ1) is 13.2. The Balaban J connectivity index is 1.74. The van der Waals surface area contributed by atoms with Crippen LogP contribution in [0.4, 0.5) is 4.39 Å². The second-order valence-electron chi connectivity index (χ2n) is 6.45. The molecule has 2 aromatic carbocycles. The van der Waals surface area contributed by atoms with E-state index in [-0.39, 0.29) is 5.56 Å². The third kappa shape index (κ3) is 4.09. The van der Waals surface area contributed by atoms with Crippen molar-refractivity contribution in [2.45, 2.75) is 29.5 Å². The summed E-state index contributed by atoms with van der Waals surface area (Å²) in [7, 11) is 0. The summed E-state index contributed by atoms with van der Waals surface area (Å²) in [6, 6.07) is 16.2. The summed E-state index contributed by atoms with van der Waals surface area (Å²) in [5, 5.41) is 10.2. The summed E-state index contributed by atoms with van der Waals surface area (Å²) < 4.78 is 28.5. The lowest BCUT2D eigenvalue weighted by Crippen LogP contribution is -2.49. The Hall–Kier alpha value is -2.29. The summed E-state index contributed by atoms with van der Waals surface area (Å²) in [6.07, 6.45) is -2.74. The van der Waals surface area contributed by atoms with Crippen molar-refractivity contribution in [3.8, 4) is 0 Å². The molecule has 0 spiro atoms. The molecule has 6 nitrogen and oxygen atoms in total. The fourth-order valence-electron chi connectivity index (χ4n) is 2.78. The van der Waals surface area contributed by atoms with Crippen molar-refractivity contribution in [1.29, 1.82) is 0 Å². The Labute approximate surface area is 169 Å². The normalized spacial score (nSPS) is 29.3. The maximum absolute atomic E-state index is 15.2. The third-order valence-electron chi connectivity index (χ3n) is 4.41. The fourth-order valence-corrected chi connectivity index (χ4v) is 3.25. The molecule has 8 heteroatoms. The van der Waals surface area contributed by atoms with Gasteiger partial charge >= 0.3 is 11.9 Å². The highest BCUT2D eigenvalue weighted by Gasteiger charge is 2.65. The minimum atomic E-state index is -2.50. The molecule has 3 rings (SSSR count). The summed E-state index contributed by atoms with van der Waals surface area (Å²) in [6.45, 7) is 0.609. The van der Waals surface area contributed by atoms with Crippen LogP contribution in [0.3, 0.4) is 0 Å². The van der Waals surface area contributed by atoms with Crippen molar-refractivity contribution < 1.29 is 33.3 Å². The highest BCUT2D eigenvalue weighted by atomic mass is 79.9. The molecule has 1 fully saturated rings. The Morgan fingerprint density at radius 1 is 1.07 bits per heavy atom. The van der Waals surface area contributed by atoms with E-state index in [1.165, 1.54) is 12.1 Å². The Bertz CT molecular complexity index is 840. The standard InChI is InChI=1S/C20H18BrFO6/c1-19(22)16(27-18(24)14-10-6-3-7-11-14)15(28-20(19,21)25)12-26-17(23)13-8-4-2-5-9-13/h2-11,15-16,25H,12H2,1H3/t15-,16-,19-,20?/m1/s1. The van der Waals surface area contributed by atoms with E-state index < -0.39 is 41.1 Å². The molecule has 1 aliphatic heterocycles. The van der Waals surface area contributed by atoms with Crippen LogP contribution in [0.15, 0.2) is 60.7 Å². The molecule has 4 atom stereocenters. The molecule has 2 aromatic rings. The first-order valence-corrected chi connectivity index (χ1v) is 9.28. The molecule has 1 aliphatic rings. The summed E-state index contributed by atoms with van der Waals surface area (Å²) in [5.74, 6) is -1.44. The quantitative estimate of drug-likeness (QED) is 0.553. The highest BCUT2D eigenvalue weighted by molar-refractivity contribution is 9.10. The van der Waals surface area contributed by atoms with Gasteiger partial charge in [0.25, 0.3) is 4.70 Å². The van der Waals surface area contributed by atoms with Gasteiger partial charge in [0.1, 0.15) is 12.7 Å². The van der Waals surface area contributed by atoms with Crippen molar-refractivity contribution in [1.82, 2.24) is 0 Å². The maximum Gasteiger partial charge on any atom is 0.338 e. The van der Waals surface area contributed by atoms with Gasteiger partial charge in [-0.15, -0.1) is 0 Å². The van der Waals surface area contributed by atoms with Gasteiger partial charge in [-0.05, 0) is 47.1 Å². The largest absolute Gasteiger partial charge is 0.459 e. The predicted molar refractivity (Wildman–Crippen MR) is 101 cm³/mol. The lowest BCUT2D eigenvalue weighted by Gasteiger charge is -2.28. The fraction of sp³-hybridized carbons (Fsp3) is 0.300. The zero-order valence-electron chi connectivity index (χ0n) is 14.9. The smallest absolute Gasteiger partial charge is 0.338 e. The van der Waals surface area contributed by atoms with Crippen LogP contribution in [0.1, 0.15) is 27.6 Å². The van der Waals surface area contributed by atoms with Gasteiger partial charge in [-0.2, -0.15) is 0 Å². The van der Waals surface area contributed by atoms with Gasteiger partial charge < -0.3 is 19.3 Å². The van der Waals surface area contributed by atoms with E-state index in [4.69, 9.17) is 14.2 Å². The number of hydrogen-bond acceptors (Lipinski definition) is 6. The Morgan fingerprint density at radius 2 is 1.57 bits per heavy atom. The van der Waals surface area contributed by atoms with E-state index in [9.17, 15) is 14.7 Å². The van der Waals surface area contributed by atoms with Crippen molar-refractivity contribution >= 4 is 27.9 Å². The van der Waals surface area contributed by atoms with Gasteiger partial charge in [-0.3, -0.25) is 0 Å². The minimum absolute atomic E-state index is 0.211. The SMILES string of the molecule is C[C@@]1(F)[C@H](OC(=O)c2ccccc2)[C@@H](COC(=O)c2ccccc2)OC1(O)Br. The molecule has 0 aliphatic carbocycles. The van der Waals surface area contributed by atoms with Gasteiger partial charge in [0.15, 0.2) is 6.10 Å². The zero-order valence-corrected chi connectivity index (χ0v) is 16.5. The molecular weight excluding hydrogens is 435 g/mol. The third-order valence-corrected chi connectivity index (χ3v) is 5.38. The van der Waals surface area contributed by atoms with Gasteiger partial charge in [0.05, 0.1) is 11.1 Å². The van der Waals surface area contributed by atoms with Crippen LogP contribution in [0, 0.1) is 0 Å². The Kier molecular flexibility index (Phi) is 5.83. The van der Waals surface area contributed by atoms with E-state index in [1.807, 2.05) is 0 Å². The predicted octanol–water partition coefficient (Wildman–Crippen LogP) is 3.24. The van der Waals surface area contributed by atoms with Crippen LogP contribution in [0.25, 0.3) is 0 Å². The van der Waals surface area contributed by atoms with Gasteiger partial charge in [-0.1, -0.05) is 36.4 Å². The first kappa shape index (κ1) is 20.4. The van der Waals surface area contributed by atoms with E-state index >= 15 is 4.39 Å². The molecule has 148 valence electrons. The molecule has 1 saturated heterocycles. The van der Waals surface area contributed by atoms with Gasteiger partial charge in [0.2, 0.25) is 5.67 Å². The van der Waals surface area contributed by atoms with Crippen molar-refractivity contribution in [2.75, 3.05) is 6.61 Å². The number of halogens is 2. The molecule has 0 bridgehead atoms. The summed E-state index contributed by atoms with van der Waals surface area (Å²) in [4.78, 5) is 24.5. The van der Waals surface area contributed by atoms with E-state index in [0.717, 1.165) is 6.92 Å². The van der Waals surface area contributed by atoms with Crippen LogP contribution in [-0.2, 0) is 14.2 Å². The lowest BCUT2D eigenvalue weighted by atomic mass is 9.99. The van der Waals surface area contributed by atoms with E-state index in [0.29, 0.717) is 5.56 Å². The number of esters is 2. The topological polar surface area (TPSA) is 82.1 Å². The minimum Gasteiger partial charge on any atom is -0.459 e. The number of ether oxygens (including phenoxy) is 3. The van der Waals surface area contributed by atoms with Crippen LogP contribution < -0.4 is 0 Å². The maximum atomic E-state index is 15.2. The summed E-state index contributed by atoms with van der Waals surface area (Å²) in [5.41, 5.74) is -1.99. The van der Waals surface area contributed by atoms with Crippen LogP contribution in [0.5, 0.6) is 0 Å². The number of hydrogen-bond donors (Lipinski definition) is 1. The van der Waals surface area contributed by atoms with Gasteiger partial charge in [0, 0.05) is 0 Å². The molecule has 0 amide bonds. The van der Waals surface area contributed by atoms with Crippen molar-refractivity contribution in [3.63, 3.8) is 0 Å². The molecule has 0 aromatic heterocycles.